The topological polar surface area (TPSA) is 46.0 Å². The molecule has 1 saturated heterocycles. The number of aryl methyl sites for hydroxylation is 1. The molecule has 0 radical (unpaired) electrons. The molecule has 2 fully saturated rings. The summed E-state index contributed by atoms with van der Waals surface area (Å²) in [6, 6.07) is 9.13. The van der Waals surface area contributed by atoms with Crippen LogP contribution >= 0.6 is 23.6 Å². The quantitative estimate of drug-likeness (QED) is 0.565. The van der Waals surface area contributed by atoms with E-state index in [2.05, 4.69) is 51.8 Å². The first kappa shape index (κ1) is 19.7. The number of nitrogens with one attached hydrogen (secondary N) is 1. The molecule has 0 aromatic carbocycles. The van der Waals surface area contributed by atoms with Gasteiger partial charge in [-0.2, -0.15) is 0 Å². The Morgan fingerprint density at radius 2 is 1.93 bits per heavy atom. The predicted octanol–water partition coefficient (Wildman–Crippen LogP) is 5.25. The third kappa shape index (κ3) is 3.34. The van der Waals surface area contributed by atoms with Gasteiger partial charge in [-0.25, -0.2) is 4.98 Å². The van der Waals surface area contributed by atoms with E-state index >= 15 is 0 Å². The molecule has 2 aliphatic rings. The molecule has 3 aromatic heterocycles. The lowest BCUT2D eigenvalue weighted by Gasteiger charge is -2.37. The van der Waals surface area contributed by atoms with Crippen molar-refractivity contribution in [1.29, 1.82) is 0 Å². The fraction of sp³-hybridized carbons (Fsp3) is 0.435. The third-order valence-electron chi connectivity index (χ3n) is 6.50. The normalized spacial score (nSPS) is 22.5. The lowest BCUT2D eigenvalue weighted by atomic mass is 9.90. The molecule has 2 atom stereocenters. The zero-order valence-corrected chi connectivity index (χ0v) is 19.0. The van der Waals surface area contributed by atoms with Crippen molar-refractivity contribution in [3.63, 3.8) is 0 Å². The van der Waals surface area contributed by atoms with Crippen molar-refractivity contribution >= 4 is 28.7 Å². The van der Waals surface area contributed by atoms with Crippen LogP contribution in [0.15, 0.2) is 42.0 Å². The molecule has 5 nitrogen and oxygen atoms in total. The second-order valence-electron chi connectivity index (χ2n) is 8.30. The third-order valence-corrected chi connectivity index (χ3v) is 7.59. The van der Waals surface area contributed by atoms with Crippen molar-refractivity contribution in [2.75, 3.05) is 0 Å². The van der Waals surface area contributed by atoms with Crippen LogP contribution in [0.3, 0.4) is 0 Å². The largest absolute Gasteiger partial charge is 0.352 e. The number of rotatable bonds is 4. The van der Waals surface area contributed by atoms with Gasteiger partial charge in [-0.1, -0.05) is 25.3 Å². The molecule has 1 N–H and O–H groups in total. The van der Waals surface area contributed by atoms with Gasteiger partial charge in [0.2, 0.25) is 0 Å². The van der Waals surface area contributed by atoms with Crippen LogP contribution in [0.1, 0.15) is 66.8 Å². The van der Waals surface area contributed by atoms with Crippen molar-refractivity contribution in [3.05, 3.63) is 64.7 Å². The lowest BCUT2D eigenvalue weighted by Crippen LogP contribution is -2.40. The van der Waals surface area contributed by atoms with Crippen LogP contribution in [0.5, 0.6) is 0 Å². The average molecular weight is 438 g/mol. The summed E-state index contributed by atoms with van der Waals surface area (Å²) in [6.45, 7) is 4.37. The first-order valence-electron chi connectivity index (χ1n) is 10.7. The second kappa shape index (κ2) is 8.12. The summed E-state index contributed by atoms with van der Waals surface area (Å²) in [4.78, 5) is 11.7. The highest BCUT2D eigenvalue weighted by Crippen LogP contribution is 2.44. The summed E-state index contributed by atoms with van der Waals surface area (Å²) >= 11 is 7.58. The zero-order valence-electron chi connectivity index (χ0n) is 17.4. The van der Waals surface area contributed by atoms with Gasteiger partial charge in [-0.05, 0) is 62.7 Å². The predicted molar refractivity (Wildman–Crippen MR) is 125 cm³/mol. The van der Waals surface area contributed by atoms with E-state index in [9.17, 15) is 0 Å². The van der Waals surface area contributed by atoms with Crippen molar-refractivity contribution < 1.29 is 0 Å². The fourth-order valence-electron chi connectivity index (χ4n) is 5.16. The second-order valence-corrected chi connectivity index (χ2v) is 9.56. The smallest absolute Gasteiger partial charge is 0.193 e. The minimum Gasteiger partial charge on any atom is -0.352 e. The maximum atomic E-state index is 5.91. The van der Waals surface area contributed by atoms with Crippen LogP contribution in [0.2, 0.25) is 0 Å². The van der Waals surface area contributed by atoms with Crippen molar-refractivity contribution in [3.8, 4) is 5.13 Å². The monoisotopic (exact) mass is 437 g/mol. The molecular weight excluding hydrogens is 410 g/mol. The highest BCUT2D eigenvalue weighted by atomic mass is 32.1. The molecular formula is C23H27N5S2. The Balaban J connectivity index is 1.62. The average Bonchev–Trinajstić information content (AvgIpc) is 3.47. The number of thiazole rings is 1. The van der Waals surface area contributed by atoms with E-state index in [0.29, 0.717) is 6.04 Å². The molecule has 0 amide bonds. The van der Waals surface area contributed by atoms with Gasteiger partial charge in [0, 0.05) is 35.2 Å². The number of thiocarbonyl (C=S) groups is 1. The maximum Gasteiger partial charge on any atom is 0.193 e. The molecule has 7 heteroatoms. The lowest BCUT2D eigenvalue weighted by molar-refractivity contribution is 0.197. The van der Waals surface area contributed by atoms with E-state index in [-0.39, 0.29) is 12.1 Å². The van der Waals surface area contributed by atoms with Crippen molar-refractivity contribution in [2.24, 2.45) is 0 Å². The van der Waals surface area contributed by atoms with Gasteiger partial charge in [0.15, 0.2) is 10.2 Å². The number of hydrogen-bond acceptors (Lipinski definition) is 4. The maximum absolute atomic E-state index is 5.91. The van der Waals surface area contributed by atoms with E-state index in [0.717, 1.165) is 15.9 Å². The summed E-state index contributed by atoms with van der Waals surface area (Å²) in [5.74, 6) is 0. The molecule has 5 rings (SSSR count). The van der Waals surface area contributed by atoms with Crippen LogP contribution in [0, 0.1) is 13.8 Å². The van der Waals surface area contributed by atoms with Gasteiger partial charge in [0.1, 0.15) is 0 Å². The molecule has 1 saturated carbocycles. The number of hydrogen-bond donors (Lipinski definition) is 1. The van der Waals surface area contributed by atoms with E-state index in [1.165, 1.54) is 49.1 Å². The molecule has 0 bridgehead atoms. The number of pyridine rings is 1. The minimum atomic E-state index is 0.0471. The van der Waals surface area contributed by atoms with E-state index in [4.69, 9.17) is 17.2 Å². The van der Waals surface area contributed by atoms with Crippen LogP contribution in [-0.2, 0) is 0 Å². The highest BCUT2D eigenvalue weighted by molar-refractivity contribution is 7.80. The minimum absolute atomic E-state index is 0.0471. The number of aromatic nitrogens is 3. The highest BCUT2D eigenvalue weighted by Gasteiger charge is 2.44. The van der Waals surface area contributed by atoms with Crippen molar-refractivity contribution in [1.82, 2.24) is 24.8 Å². The molecule has 156 valence electrons. The summed E-state index contributed by atoms with van der Waals surface area (Å²) in [5.41, 5.74) is 4.80. The summed E-state index contributed by atoms with van der Waals surface area (Å²) in [5, 5.41) is 7.54. The standard InChI is InChI=1S/C23H27N5S2/c1-15-14-18(16(2)27(15)23-25-12-13-30-23)21-20(19-10-6-7-11-24-19)26-22(29)28(21)17-8-4-3-5-9-17/h6-7,10-14,17,20-21H,3-5,8-9H2,1-2H3,(H,26,29)/t20-,21+/m0/s1. The summed E-state index contributed by atoms with van der Waals surface area (Å²) < 4.78 is 2.27. The molecule has 1 aliphatic heterocycles. The van der Waals surface area contributed by atoms with Gasteiger partial charge in [-0.3, -0.25) is 9.55 Å². The molecule has 1 aliphatic carbocycles. The first-order chi connectivity index (χ1) is 14.6. The van der Waals surface area contributed by atoms with Gasteiger partial charge in [-0.15, -0.1) is 11.3 Å². The van der Waals surface area contributed by atoms with E-state index in [1.54, 1.807) is 11.3 Å². The van der Waals surface area contributed by atoms with Gasteiger partial charge in [0.05, 0.1) is 17.8 Å². The van der Waals surface area contributed by atoms with Gasteiger partial charge < -0.3 is 10.2 Å². The Morgan fingerprint density at radius 1 is 1.10 bits per heavy atom. The van der Waals surface area contributed by atoms with Gasteiger partial charge in [0.25, 0.3) is 0 Å². The van der Waals surface area contributed by atoms with E-state index < -0.39 is 0 Å². The Kier molecular flexibility index (Phi) is 5.33. The summed E-state index contributed by atoms with van der Waals surface area (Å²) in [7, 11) is 0. The van der Waals surface area contributed by atoms with E-state index in [1.807, 2.05) is 23.8 Å². The fourth-order valence-corrected chi connectivity index (χ4v) is 6.30. The van der Waals surface area contributed by atoms with Crippen LogP contribution in [0.25, 0.3) is 5.13 Å². The number of nitrogens with zero attached hydrogens (tertiary/aromatic N) is 4. The van der Waals surface area contributed by atoms with Gasteiger partial charge >= 0.3 is 0 Å². The van der Waals surface area contributed by atoms with Crippen LogP contribution in [0.4, 0.5) is 0 Å². The Hall–Kier alpha value is -2.25. The first-order valence-corrected chi connectivity index (χ1v) is 12.0. The zero-order chi connectivity index (χ0) is 20.7. The Bertz CT molecular complexity index is 1020. The Labute approximate surface area is 187 Å². The van der Waals surface area contributed by atoms with Crippen LogP contribution in [-0.4, -0.2) is 30.6 Å². The molecule has 0 unspecified atom stereocenters. The van der Waals surface area contributed by atoms with Crippen molar-refractivity contribution in [2.45, 2.75) is 64.1 Å². The van der Waals surface area contributed by atoms with Crippen LogP contribution < -0.4 is 5.32 Å². The molecule has 3 aromatic rings. The Morgan fingerprint density at radius 3 is 2.63 bits per heavy atom. The SMILES string of the molecule is Cc1cc([C@@H]2[C@H](c3ccccn3)NC(=S)N2C2CCCCC2)c(C)n1-c1nccs1. The molecule has 4 heterocycles. The molecule has 30 heavy (non-hydrogen) atoms. The molecule has 0 spiro atoms. The summed E-state index contributed by atoms with van der Waals surface area (Å²) in [6.07, 6.45) is 10.1.